The Bertz CT molecular complexity index is 448. The van der Waals surface area contributed by atoms with Gasteiger partial charge in [0, 0.05) is 38.8 Å². The molecule has 0 aromatic carbocycles. The van der Waals surface area contributed by atoms with Crippen LogP contribution in [-0.4, -0.2) is 49.3 Å². The van der Waals surface area contributed by atoms with Crippen LogP contribution in [0.2, 0.25) is 0 Å². The molecule has 2 aliphatic heterocycles. The minimum absolute atomic E-state index is 0.0475. The fourth-order valence-electron chi connectivity index (χ4n) is 5.07. The maximum absolute atomic E-state index is 12.6. The minimum atomic E-state index is 0.0475. The Morgan fingerprint density at radius 3 is 2.52 bits per heavy atom. The number of hydrogen-bond acceptors (Lipinski definition) is 3. The van der Waals surface area contributed by atoms with E-state index in [1.807, 2.05) is 0 Å². The molecular formula is C21H35NO3. The van der Waals surface area contributed by atoms with Gasteiger partial charge < -0.3 is 14.4 Å². The summed E-state index contributed by atoms with van der Waals surface area (Å²) >= 11 is 0. The second-order valence-corrected chi connectivity index (χ2v) is 9.00. The van der Waals surface area contributed by atoms with Crippen molar-refractivity contribution in [3.8, 4) is 0 Å². The van der Waals surface area contributed by atoms with Crippen LogP contribution in [0.4, 0.5) is 0 Å². The molecule has 0 aromatic rings. The van der Waals surface area contributed by atoms with Crippen molar-refractivity contribution in [2.24, 2.45) is 17.8 Å². The summed E-state index contributed by atoms with van der Waals surface area (Å²) in [5.41, 5.74) is 0.0475. The lowest BCUT2D eigenvalue weighted by molar-refractivity contribution is -0.151. The Labute approximate surface area is 152 Å². The van der Waals surface area contributed by atoms with E-state index >= 15 is 0 Å². The molecule has 0 N–H and O–H groups in total. The molecule has 4 heteroatoms. The van der Waals surface area contributed by atoms with E-state index in [9.17, 15) is 4.79 Å². The van der Waals surface area contributed by atoms with Crippen molar-refractivity contribution in [1.82, 2.24) is 4.90 Å². The summed E-state index contributed by atoms with van der Waals surface area (Å²) in [5.74, 6) is 2.35. The van der Waals surface area contributed by atoms with Gasteiger partial charge in [0.1, 0.15) is 0 Å². The third kappa shape index (κ3) is 4.57. The van der Waals surface area contributed by atoms with Gasteiger partial charge in [-0.2, -0.15) is 0 Å². The van der Waals surface area contributed by atoms with Gasteiger partial charge in [0.05, 0.1) is 5.60 Å². The van der Waals surface area contributed by atoms with Crippen LogP contribution in [0.15, 0.2) is 0 Å². The summed E-state index contributed by atoms with van der Waals surface area (Å²) in [6.45, 7) is 4.60. The molecule has 4 rings (SSSR count). The maximum atomic E-state index is 12.6. The van der Waals surface area contributed by atoms with Crippen molar-refractivity contribution in [1.29, 1.82) is 0 Å². The highest BCUT2D eigenvalue weighted by Gasteiger charge is 2.41. The van der Waals surface area contributed by atoms with Crippen LogP contribution in [-0.2, 0) is 14.3 Å². The lowest BCUT2D eigenvalue weighted by Crippen LogP contribution is -2.51. The molecule has 0 bridgehead atoms. The van der Waals surface area contributed by atoms with E-state index in [1.54, 1.807) is 0 Å². The lowest BCUT2D eigenvalue weighted by Gasteiger charge is -2.46. The Morgan fingerprint density at radius 2 is 1.80 bits per heavy atom. The van der Waals surface area contributed by atoms with Gasteiger partial charge in [-0.25, -0.2) is 0 Å². The molecule has 1 atom stereocenters. The molecule has 4 aliphatic rings. The molecule has 2 saturated heterocycles. The topological polar surface area (TPSA) is 38.8 Å². The molecule has 142 valence electrons. The molecule has 4 nitrogen and oxygen atoms in total. The third-order valence-electron chi connectivity index (χ3n) is 7.01. The van der Waals surface area contributed by atoms with Crippen molar-refractivity contribution in [3.63, 3.8) is 0 Å². The Balaban J connectivity index is 1.21. The zero-order valence-corrected chi connectivity index (χ0v) is 15.7. The number of ether oxygens (including phenoxy) is 2. The monoisotopic (exact) mass is 349 g/mol. The van der Waals surface area contributed by atoms with Crippen molar-refractivity contribution in [2.45, 2.75) is 76.2 Å². The number of carbonyl (C=O) groups excluding carboxylic acids is 1. The van der Waals surface area contributed by atoms with Crippen LogP contribution < -0.4 is 0 Å². The Kier molecular flexibility index (Phi) is 5.66. The van der Waals surface area contributed by atoms with E-state index < -0.39 is 0 Å². The van der Waals surface area contributed by atoms with Crippen molar-refractivity contribution >= 4 is 5.91 Å². The first-order valence-corrected chi connectivity index (χ1v) is 10.7. The van der Waals surface area contributed by atoms with Gasteiger partial charge in [-0.05, 0) is 69.6 Å². The summed E-state index contributed by atoms with van der Waals surface area (Å²) in [5, 5.41) is 0. The van der Waals surface area contributed by atoms with E-state index in [0.717, 1.165) is 70.4 Å². The van der Waals surface area contributed by atoms with Gasteiger partial charge in [0.15, 0.2) is 0 Å². The van der Waals surface area contributed by atoms with Gasteiger partial charge >= 0.3 is 0 Å². The van der Waals surface area contributed by atoms with Gasteiger partial charge in [-0.1, -0.05) is 12.8 Å². The van der Waals surface area contributed by atoms with E-state index in [1.165, 1.54) is 44.9 Å². The molecule has 1 spiro atoms. The Hall–Kier alpha value is -0.610. The lowest BCUT2D eigenvalue weighted by atomic mass is 9.78. The standard InChI is InChI=1S/C21H35NO3/c23-20(19-3-1-2-4-19)22-11-9-21(10-12-22)15-17(8-14-25-21)7-13-24-16-18-5-6-18/h17-19H,1-16H2. The third-order valence-corrected chi connectivity index (χ3v) is 7.01. The number of amides is 1. The smallest absolute Gasteiger partial charge is 0.225 e. The second-order valence-electron chi connectivity index (χ2n) is 9.00. The van der Waals surface area contributed by atoms with E-state index in [2.05, 4.69) is 4.90 Å². The number of hydrogen-bond donors (Lipinski definition) is 0. The van der Waals surface area contributed by atoms with Gasteiger partial charge in [-0.3, -0.25) is 4.79 Å². The number of rotatable bonds is 6. The van der Waals surface area contributed by atoms with E-state index in [4.69, 9.17) is 9.47 Å². The van der Waals surface area contributed by atoms with Crippen molar-refractivity contribution in [2.75, 3.05) is 32.9 Å². The molecule has 2 aliphatic carbocycles. The van der Waals surface area contributed by atoms with Crippen molar-refractivity contribution in [3.05, 3.63) is 0 Å². The van der Waals surface area contributed by atoms with Crippen molar-refractivity contribution < 1.29 is 14.3 Å². The largest absolute Gasteiger partial charge is 0.381 e. The predicted molar refractivity (Wildman–Crippen MR) is 97.3 cm³/mol. The molecule has 1 unspecified atom stereocenters. The van der Waals surface area contributed by atoms with Crippen LogP contribution in [0.25, 0.3) is 0 Å². The number of likely N-dealkylation sites (tertiary alicyclic amines) is 1. The maximum Gasteiger partial charge on any atom is 0.225 e. The summed E-state index contributed by atoms with van der Waals surface area (Å²) in [6, 6.07) is 0. The van der Waals surface area contributed by atoms with Gasteiger partial charge in [-0.15, -0.1) is 0 Å². The van der Waals surface area contributed by atoms with Gasteiger partial charge in [0.2, 0.25) is 5.91 Å². The first kappa shape index (κ1) is 17.8. The summed E-state index contributed by atoms with van der Waals surface area (Å²) in [6.07, 6.45) is 13.0. The number of carbonyl (C=O) groups is 1. The average molecular weight is 350 g/mol. The molecule has 1 amide bonds. The van der Waals surface area contributed by atoms with Crippen LogP contribution in [0.3, 0.4) is 0 Å². The molecule has 25 heavy (non-hydrogen) atoms. The summed E-state index contributed by atoms with van der Waals surface area (Å²) < 4.78 is 12.1. The quantitative estimate of drug-likeness (QED) is 0.685. The van der Waals surface area contributed by atoms with Crippen LogP contribution in [0.5, 0.6) is 0 Å². The molecular weight excluding hydrogens is 314 g/mol. The summed E-state index contributed by atoms with van der Waals surface area (Å²) in [4.78, 5) is 14.8. The van der Waals surface area contributed by atoms with Crippen LogP contribution in [0, 0.1) is 17.8 Å². The Morgan fingerprint density at radius 1 is 1.04 bits per heavy atom. The zero-order valence-electron chi connectivity index (χ0n) is 15.7. The molecule has 0 radical (unpaired) electrons. The molecule has 2 heterocycles. The van der Waals surface area contributed by atoms with Gasteiger partial charge in [0.25, 0.3) is 0 Å². The number of piperidine rings is 1. The summed E-state index contributed by atoms with van der Waals surface area (Å²) in [7, 11) is 0. The number of nitrogens with zero attached hydrogens (tertiary/aromatic N) is 1. The second kappa shape index (κ2) is 7.96. The fourth-order valence-corrected chi connectivity index (χ4v) is 5.07. The normalized spacial score (nSPS) is 30.1. The predicted octanol–water partition coefficient (Wildman–Crippen LogP) is 3.78. The van der Waals surface area contributed by atoms with E-state index in [-0.39, 0.29) is 5.60 Å². The SMILES string of the molecule is O=C(C1CCCC1)N1CCC2(CC1)CC(CCOCC1CC1)CCO2. The van der Waals surface area contributed by atoms with E-state index in [0.29, 0.717) is 11.8 Å². The minimum Gasteiger partial charge on any atom is -0.381 e. The zero-order chi connectivity index (χ0) is 17.1. The highest BCUT2D eigenvalue weighted by Crippen LogP contribution is 2.39. The first-order chi connectivity index (χ1) is 12.2. The fraction of sp³-hybridized carbons (Fsp3) is 0.952. The molecule has 4 fully saturated rings. The first-order valence-electron chi connectivity index (χ1n) is 10.7. The average Bonchev–Trinajstić information content (AvgIpc) is 3.29. The molecule has 0 aromatic heterocycles. The highest BCUT2D eigenvalue weighted by molar-refractivity contribution is 5.79. The molecule has 2 saturated carbocycles. The highest BCUT2D eigenvalue weighted by atomic mass is 16.5. The van der Waals surface area contributed by atoms with Crippen LogP contribution in [0.1, 0.15) is 70.6 Å². The van der Waals surface area contributed by atoms with Crippen LogP contribution >= 0.6 is 0 Å².